The normalized spacial score (nSPS) is 14.6. The van der Waals surface area contributed by atoms with Crippen LogP contribution in [0.15, 0.2) is 29.0 Å². The van der Waals surface area contributed by atoms with Crippen molar-refractivity contribution in [1.82, 2.24) is 0 Å². The maximum absolute atomic E-state index is 13.5. The number of rotatable bonds is 4. The van der Waals surface area contributed by atoms with E-state index in [9.17, 15) is 4.39 Å². The zero-order valence-corrected chi connectivity index (χ0v) is 11.7. The van der Waals surface area contributed by atoms with Crippen LogP contribution in [0.2, 0.25) is 0 Å². The molecular weight excluding hydrogens is 259 g/mol. The first-order chi connectivity index (χ1) is 9.15. The number of nitrogens with two attached hydrogens (primary N) is 1. The molecule has 2 aromatic rings. The van der Waals surface area contributed by atoms with Crippen molar-refractivity contribution in [3.8, 4) is 0 Å². The molecule has 0 radical (unpaired) electrons. The van der Waals surface area contributed by atoms with E-state index in [0.29, 0.717) is 17.3 Å². The second-order valence-corrected chi connectivity index (χ2v) is 5.93. The third-order valence-electron chi connectivity index (χ3n) is 3.54. The van der Waals surface area contributed by atoms with Crippen molar-refractivity contribution in [1.29, 1.82) is 0 Å². The van der Waals surface area contributed by atoms with Crippen LogP contribution in [0.5, 0.6) is 0 Å². The van der Waals surface area contributed by atoms with E-state index < -0.39 is 0 Å². The molecule has 1 aliphatic rings. The minimum Gasteiger partial charge on any atom is -0.397 e. The monoisotopic (exact) mass is 276 g/mol. The number of anilines is 2. The molecule has 100 valence electrons. The third kappa shape index (κ3) is 2.59. The van der Waals surface area contributed by atoms with Crippen LogP contribution in [0.25, 0.3) is 0 Å². The van der Waals surface area contributed by atoms with Crippen LogP contribution in [0.4, 0.5) is 15.8 Å². The van der Waals surface area contributed by atoms with Gasteiger partial charge in [-0.05, 0) is 59.9 Å². The number of hydrogen-bond acceptors (Lipinski definition) is 3. The minimum atomic E-state index is -0.229. The standard InChI is InChI=1S/C15H17FN2S/c1-10-6-15(14(17)7-13(10)16)18(12-2-3-12)8-11-4-5-19-9-11/h4-7,9,12H,2-3,8,17H2,1H3. The van der Waals surface area contributed by atoms with E-state index in [0.717, 1.165) is 12.2 Å². The molecule has 0 amide bonds. The summed E-state index contributed by atoms with van der Waals surface area (Å²) in [5, 5.41) is 4.24. The van der Waals surface area contributed by atoms with Crippen molar-refractivity contribution in [3.05, 3.63) is 45.9 Å². The van der Waals surface area contributed by atoms with E-state index in [1.807, 2.05) is 6.07 Å². The molecule has 1 aliphatic carbocycles. The molecule has 2 nitrogen and oxygen atoms in total. The van der Waals surface area contributed by atoms with Crippen LogP contribution in [0.3, 0.4) is 0 Å². The van der Waals surface area contributed by atoms with Gasteiger partial charge in [-0.1, -0.05) is 0 Å². The van der Waals surface area contributed by atoms with Gasteiger partial charge in [0.1, 0.15) is 5.82 Å². The van der Waals surface area contributed by atoms with Crippen molar-refractivity contribution in [3.63, 3.8) is 0 Å². The van der Waals surface area contributed by atoms with Gasteiger partial charge >= 0.3 is 0 Å². The largest absolute Gasteiger partial charge is 0.397 e. The maximum Gasteiger partial charge on any atom is 0.128 e. The quantitative estimate of drug-likeness (QED) is 0.857. The molecule has 3 rings (SSSR count). The van der Waals surface area contributed by atoms with Crippen molar-refractivity contribution in [2.24, 2.45) is 0 Å². The van der Waals surface area contributed by atoms with Gasteiger partial charge in [-0.25, -0.2) is 4.39 Å². The van der Waals surface area contributed by atoms with Gasteiger partial charge in [0.25, 0.3) is 0 Å². The summed E-state index contributed by atoms with van der Waals surface area (Å²) >= 11 is 1.70. The van der Waals surface area contributed by atoms with Crippen LogP contribution in [-0.4, -0.2) is 6.04 Å². The summed E-state index contributed by atoms with van der Waals surface area (Å²) < 4.78 is 13.5. The van der Waals surface area contributed by atoms with Gasteiger partial charge in [-0.15, -0.1) is 0 Å². The van der Waals surface area contributed by atoms with E-state index in [2.05, 4.69) is 21.7 Å². The molecule has 0 saturated heterocycles. The number of nitrogen functional groups attached to an aromatic ring is 1. The topological polar surface area (TPSA) is 29.3 Å². The number of thiophene rings is 1. The van der Waals surface area contributed by atoms with Gasteiger partial charge in [-0.3, -0.25) is 0 Å². The van der Waals surface area contributed by atoms with Gasteiger partial charge in [0.15, 0.2) is 0 Å². The lowest BCUT2D eigenvalue weighted by Crippen LogP contribution is -2.26. The lowest BCUT2D eigenvalue weighted by Gasteiger charge is -2.26. The molecule has 2 N–H and O–H groups in total. The summed E-state index contributed by atoms with van der Waals surface area (Å²) in [6.45, 7) is 2.64. The van der Waals surface area contributed by atoms with Crippen LogP contribution in [0, 0.1) is 12.7 Å². The van der Waals surface area contributed by atoms with Gasteiger partial charge in [0.2, 0.25) is 0 Å². The fraction of sp³-hybridized carbons (Fsp3) is 0.333. The highest BCUT2D eigenvalue weighted by atomic mass is 32.1. The van der Waals surface area contributed by atoms with E-state index in [4.69, 9.17) is 5.73 Å². The summed E-state index contributed by atoms with van der Waals surface area (Å²) in [7, 11) is 0. The highest BCUT2D eigenvalue weighted by molar-refractivity contribution is 7.07. The van der Waals surface area contributed by atoms with Crippen molar-refractivity contribution in [2.45, 2.75) is 32.4 Å². The smallest absolute Gasteiger partial charge is 0.128 e. The Labute approximate surface area is 116 Å². The Bertz CT molecular complexity index is 576. The Morgan fingerprint density at radius 3 is 2.84 bits per heavy atom. The first-order valence-electron chi connectivity index (χ1n) is 6.48. The predicted octanol–water partition coefficient (Wildman–Crippen LogP) is 3.95. The molecule has 1 fully saturated rings. The van der Waals surface area contributed by atoms with Crippen molar-refractivity contribution >= 4 is 22.7 Å². The molecule has 19 heavy (non-hydrogen) atoms. The molecule has 1 heterocycles. The zero-order valence-electron chi connectivity index (χ0n) is 10.9. The summed E-state index contributed by atoms with van der Waals surface area (Å²) in [5.74, 6) is -0.229. The number of benzene rings is 1. The van der Waals surface area contributed by atoms with Gasteiger partial charge < -0.3 is 10.6 Å². The number of halogens is 1. The Morgan fingerprint density at radius 2 is 2.21 bits per heavy atom. The Kier molecular flexibility index (Phi) is 3.19. The molecule has 1 aromatic heterocycles. The first-order valence-corrected chi connectivity index (χ1v) is 7.43. The molecule has 0 unspecified atom stereocenters. The van der Waals surface area contributed by atoms with Crippen LogP contribution < -0.4 is 10.6 Å². The lowest BCUT2D eigenvalue weighted by molar-refractivity contribution is 0.618. The van der Waals surface area contributed by atoms with Crippen molar-refractivity contribution in [2.75, 3.05) is 10.6 Å². The first kappa shape index (κ1) is 12.5. The third-order valence-corrected chi connectivity index (χ3v) is 4.27. The predicted molar refractivity (Wildman–Crippen MR) is 79.1 cm³/mol. The molecule has 0 spiro atoms. The summed E-state index contributed by atoms with van der Waals surface area (Å²) in [5.41, 5.74) is 9.45. The van der Waals surface area contributed by atoms with Crippen LogP contribution >= 0.6 is 11.3 Å². The highest BCUT2D eigenvalue weighted by Crippen LogP contribution is 2.37. The fourth-order valence-corrected chi connectivity index (χ4v) is 2.97. The summed E-state index contributed by atoms with van der Waals surface area (Å²) in [6, 6.07) is 5.99. The average molecular weight is 276 g/mol. The molecular formula is C15H17FN2S. The second kappa shape index (κ2) is 4.85. The summed E-state index contributed by atoms with van der Waals surface area (Å²) in [6.07, 6.45) is 2.39. The second-order valence-electron chi connectivity index (χ2n) is 5.15. The molecule has 0 atom stereocenters. The van der Waals surface area contributed by atoms with Crippen molar-refractivity contribution < 1.29 is 4.39 Å². The van der Waals surface area contributed by atoms with E-state index >= 15 is 0 Å². The Hall–Kier alpha value is -1.55. The van der Waals surface area contributed by atoms with E-state index in [1.54, 1.807) is 18.3 Å². The van der Waals surface area contributed by atoms with Crippen LogP contribution in [-0.2, 0) is 6.54 Å². The van der Waals surface area contributed by atoms with E-state index in [-0.39, 0.29) is 5.82 Å². The molecule has 1 saturated carbocycles. The highest BCUT2D eigenvalue weighted by Gasteiger charge is 2.30. The average Bonchev–Trinajstić information content (AvgIpc) is 3.09. The number of hydrogen-bond donors (Lipinski definition) is 1. The SMILES string of the molecule is Cc1cc(N(Cc2ccsc2)C2CC2)c(N)cc1F. The minimum absolute atomic E-state index is 0.229. The Morgan fingerprint density at radius 1 is 1.42 bits per heavy atom. The number of nitrogens with zero attached hydrogens (tertiary/aromatic N) is 1. The van der Waals surface area contributed by atoms with Gasteiger partial charge in [0.05, 0.1) is 11.4 Å². The number of aryl methyl sites for hydroxylation is 1. The summed E-state index contributed by atoms with van der Waals surface area (Å²) in [4.78, 5) is 2.31. The fourth-order valence-electron chi connectivity index (χ4n) is 2.31. The molecule has 4 heteroatoms. The molecule has 0 aliphatic heterocycles. The molecule has 0 bridgehead atoms. The molecule has 1 aromatic carbocycles. The maximum atomic E-state index is 13.5. The van der Waals surface area contributed by atoms with Gasteiger partial charge in [0, 0.05) is 12.6 Å². The lowest BCUT2D eigenvalue weighted by atomic mass is 10.1. The van der Waals surface area contributed by atoms with Gasteiger partial charge in [-0.2, -0.15) is 11.3 Å². The van der Waals surface area contributed by atoms with Crippen LogP contribution in [0.1, 0.15) is 24.0 Å². The Balaban J connectivity index is 1.94. The van der Waals surface area contributed by atoms with E-state index in [1.165, 1.54) is 24.5 Å². The zero-order chi connectivity index (χ0) is 13.4.